The number of benzene rings is 1. The minimum atomic E-state index is -1.17. The first-order valence-corrected chi connectivity index (χ1v) is 5.61. The zero-order chi connectivity index (χ0) is 13.8. The number of carboxylic acid groups (broad SMARTS) is 1. The SMILES string of the molecule is Nc1c(N(Cc2ccccc2)C(=O)O)ccc[n+]1[O-]. The molecule has 0 aliphatic heterocycles. The minimum Gasteiger partial charge on any atom is -0.711 e. The summed E-state index contributed by atoms with van der Waals surface area (Å²) >= 11 is 0. The number of carbonyl (C=O) groups is 1. The molecular formula is C13H13N3O3. The molecule has 0 unspecified atom stereocenters. The van der Waals surface area contributed by atoms with Gasteiger partial charge >= 0.3 is 6.09 Å². The lowest BCUT2D eigenvalue weighted by Crippen LogP contribution is -2.36. The molecule has 3 N–H and O–H groups in total. The number of hydrogen-bond donors (Lipinski definition) is 2. The van der Waals surface area contributed by atoms with Crippen molar-refractivity contribution in [2.45, 2.75) is 6.54 Å². The van der Waals surface area contributed by atoms with Crippen molar-refractivity contribution in [2.75, 3.05) is 10.6 Å². The molecular weight excluding hydrogens is 246 g/mol. The highest BCUT2D eigenvalue weighted by Crippen LogP contribution is 2.21. The summed E-state index contributed by atoms with van der Waals surface area (Å²) in [4.78, 5) is 12.4. The van der Waals surface area contributed by atoms with Crippen LogP contribution < -0.4 is 15.4 Å². The van der Waals surface area contributed by atoms with Gasteiger partial charge in [0.25, 0.3) is 5.82 Å². The van der Waals surface area contributed by atoms with Crippen LogP contribution in [0, 0.1) is 5.21 Å². The second kappa shape index (κ2) is 5.26. The average Bonchev–Trinajstić information content (AvgIpc) is 2.40. The molecule has 0 aliphatic carbocycles. The number of nitrogen functional groups attached to an aromatic ring is 1. The van der Waals surface area contributed by atoms with Crippen molar-refractivity contribution in [2.24, 2.45) is 0 Å². The fourth-order valence-electron chi connectivity index (χ4n) is 1.74. The first-order valence-electron chi connectivity index (χ1n) is 5.61. The van der Waals surface area contributed by atoms with Crippen LogP contribution in [0.15, 0.2) is 48.7 Å². The molecule has 0 saturated carbocycles. The molecule has 19 heavy (non-hydrogen) atoms. The maximum Gasteiger partial charge on any atom is 0.412 e. The molecule has 1 aromatic carbocycles. The van der Waals surface area contributed by atoms with Crippen molar-refractivity contribution < 1.29 is 14.6 Å². The lowest BCUT2D eigenvalue weighted by atomic mass is 10.2. The van der Waals surface area contributed by atoms with Crippen molar-refractivity contribution in [3.05, 3.63) is 59.4 Å². The normalized spacial score (nSPS) is 10.1. The fourth-order valence-corrected chi connectivity index (χ4v) is 1.74. The number of nitrogens with two attached hydrogens (primary N) is 1. The molecule has 2 rings (SSSR count). The number of aromatic nitrogens is 1. The molecule has 1 heterocycles. The summed E-state index contributed by atoms with van der Waals surface area (Å²) in [5.74, 6) is -0.138. The molecule has 0 spiro atoms. The molecule has 0 aliphatic rings. The second-order valence-corrected chi connectivity index (χ2v) is 3.96. The van der Waals surface area contributed by atoms with Crippen LogP contribution >= 0.6 is 0 Å². The van der Waals surface area contributed by atoms with E-state index in [2.05, 4.69) is 0 Å². The third-order valence-electron chi connectivity index (χ3n) is 2.68. The van der Waals surface area contributed by atoms with Crippen LogP contribution in [-0.2, 0) is 6.54 Å². The van der Waals surface area contributed by atoms with E-state index in [4.69, 9.17) is 5.73 Å². The van der Waals surface area contributed by atoms with Crippen LogP contribution in [0.1, 0.15) is 5.56 Å². The summed E-state index contributed by atoms with van der Waals surface area (Å²) in [6.07, 6.45) is 0.0585. The zero-order valence-electron chi connectivity index (χ0n) is 10.1. The molecule has 98 valence electrons. The van der Waals surface area contributed by atoms with Crippen LogP contribution in [0.2, 0.25) is 0 Å². The fraction of sp³-hybridized carbons (Fsp3) is 0.0769. The van der Waals surface area contributed by atoms with Crippen molar-refractivity contribution >= 4 is 17.6 Å². The van der Waals surface area contributed by atoms with Crippen LogP contribution in [0.4, 0.5) is 16.3 Å². The van der Waals surface area contributed by atoms with Crippen LogP contribution in [0.3, 0.4) is 0 Å². The standard InChI is InChI=1S/C13H13N3O3/c14-12-11(7-4-8-16(12)19)15(13(17)18)9-10-5-2-1-3-6-10/h1-8H,9,14H2,(H,17,18). The van der Waals surface area contributed by atoms with E-state index in [1.807, 2.05) is 18.2 Å². The summed E-state index contributed by atoms with van der Waals surface area (Å²) < 4.78 is 0.441. The van der Waals surface area contributed by atoms with Gasteiger partial charge in [-0.15, -0.1) is 0 Å². The Morgan fingerprint density at radius 3 is 2.58 bits per heavy atom. The molecule has 1 amide bonds. The lowest BCUT2D eigenvalue weighted by molar-refractivity contribution is -0.589. The van der Waals surface area contributed by atoms with Gasteiger partial charge in [-0.2, -0.15) is 0 Å². The van der Waals surface area contributed by atoms with E-state index in [1.165, 1.54) is 18.3 Å². The van der Waals surface area contributed by atoms with E-state index in [9.17, 15) is 15.1 Å². The van der Waals surface area contributed by atoms with Crippen molar-refractivity contribution in [1.29, 1.82) is 0 Å². The van der Waals surface area contributed by atoms with Gasteiger partial charge in [0.1, 0.15) is 5.69 Å². The number of anilines is 2. The van der Waals surface area contributed by atoms with Gasteiger partial charge in [-0.25, -0.2) is 9.52 Å². The van der Waals surface area contributed by atoms with Gasteiger partial charge in [0.15, 0.2) is 0 Å². The van der Waals surface area contributed by atoms with Gasteiger partial charge in [0.05, 0.1) is 12.7 Å². The highest BCUT2D eigenvalue weighted by Gasteiger charge is 2.20. The number of pyridine rings is 1. The quantitative estimate of drug-likeness (QED) is 0.646. The van der Waals surface area contributed by atoms with Crippen molar-refractivity contribution in [3.63, 3.8) is 0 Å². The van der Waals surface area contributed by atoms with E-state index < -0.39 is 6.09 Å². The Kier molecular flexibility index (Phi) is 3.51. The third-order valence-corrected chi connectivity index (χ3v) is 2.68. The predicted molar refractivity (Wildman–Crippen MR) is 70.5 cm³/mol. The second-order valence-electron chi connectivity index (χ2n) is 3.96. The van der Waals surface area contributed by atoms with E-state index in [0.717, 1.165) is 10.5 Å². The lowest BCUT2D eigenvalue weighted by Gasteiger charge is -2.20. The monoisotopic (exact) mass is 259 g/mol. The summed E-state index contributed by atoms with van der Waals surface area (Å²) in [6, 6.07) is 12.0. The maximum absolute atomic E-state index is 11.4. The third kappa shape index (κ3) is 2.74. The minimum absolute atomic E-state index is 0.129. The predicted octanol–water partition coefficient (Wildman–Crippen LogP) is 1.59. The van der Waals surface area contributed by atoms with Gasteiger partial charge in [0, 0.05) is 0 Å². The Balaban J connectivity index is 2.36. The smallest absolute Gasteiger partial charge is 0.412 e. The van der Waals surface area contributed by atoms with E-state index >= 15 is 0 Å². The molecule has 0 fully saturated rings. The highest BCUT2D eigenvalue weighted by atomic mass is 16.5. The zero-order valence-corrected chi connectivity index (χ0v) is 10.1. The Bertz CT molecular complexity index is 587. The van der Waals surface area contributed by atoms with E-state index in [0.29, 0.717) is 4.73 Å². The molecule has 6 heteroatoms. The van der Waals surface area contributed by atoms with Crippen LogP contribution in [-0.4, -0.2) is 11.2 Å². The van der Waals surface area contributed by atoms with Gasteiger partial charge in [-0.3, -0.25) is 10.6 Å². The van der Waals surface area contributed by atoms with Crippen molar-refractivity contribution in [1.82, 2.24) is 0 Å². The molecule has 1 aromatic heterocycles. The summed E-state index contributed by atoms with van der Waals surface area (Å²) in [5.41, 5.74) is 6.61. The molecule has 0 radical (unpaired) electrons. The molecule has 2 aromatic rings. The number of rotatable bonds is 3. The highest BCUT2D eigenvalue weighted by molar-refractivity contribution is 5.88. The Labute approximate surface area is 109 Å². The van der Waals surface area contributed by atoms with Crippen molar-refractivity contribution in [3.8, 4) is 0 Å². The first kappa shape index (κ1) is 12.7. The summed E-state index contributed by atoms with van der Waals surface area (Å²) in [7, 11) is 0. The van der Waals surface area contributed by atoms with Crippen LogP contribution in [0.25, 0.3) is 0 Å². The van der Waals surface area contributed by atoms with E-state index in [-0.39, 0.29) is 18.1 Å². The van der Waals surface area contributed by atoms with Crippen LogP contribution in [0.5, 0.6) is 0 Å². The summed E-state index contributed by atoms with van der Waals surface area (Å²) in [6.45, 7) is 0.129. The Morgan fingerprint density at radius 1 is 1.26 bits per heavy atom. The topological polar surface area (TPSA) is 93.5 Å². The Hall–Kier alpha value is -2.76. The first-order chi connectivity index (χ1) is 9.09. The molecule has 0 atom stereocenters. The molecule has 0 bridgehead atoms. The molecule has 6 nitrogen and oxygen atoms in total. The maximum atomic E-state index is 11.4. The largest absolute Gasteiger partial charge is 0.711 e. The van der Waals surface area contributed by atoms with Gasteiger partial charge < -0.3 is 10.3 Å². The summed E-state index contributed by atoms with van der Waals surface area (Å²) in [5, 5.41) is 20.7. The molecule has 0 saturated heterocycles. The number of nitrogens with zero attached hydrogens (tertiary/aromatic N) is 2. The van der Waals surface area contributed by atoms with Gasteiger partial charge in [-0.1, -0.05) is 30.3 Å². The average molecular weight is 259 g/mol. The van der Waals surface area contributed by atoms with E-state index in [1.54, 1.807) is 12.1 Å². The number of hydrogen-bond acceptors (Lipinski definition) is 3. The Morgan fingerprint density at radius 2 is 1.95 bits per heavy atom. The van der Waals surface area contributed by atoms with Gasteiger partial charge in [0.2, 0.25) is 0 Å². The number of amides is 1. The van der Waals surface area contributed by atoms with Gasteiger partial charge in [-0.05, 0) is 17.7 Å².